The average molecular weight is 1590 g/mol. The fourth-order valence-electron chi connectivity index (χ4n) is 18.6. The maximum atomic E-state index is 14.5. The molecule has 12 aliphatic rings. The van der Waals surface area contributed by atoms with Gasteiger partial charge < -0.3 is 97.4 Å². The molecule has 4 amide bonds. The first-order valence-corrected chi connectivity index (χ1v) is 40.8. The Kier molecular flexibility index (Phi) is 28.0. The predicted octanol–water partition coefficient (Wildman–Crippen LogP) is 8.79. The number of aliphatic hydroxyl groups is 4. The number of carbonyl (C=O) groups excluding carboxylic acids is 4. The van der Waals surface area contributed by atoms with Crippen LogP contribution in [0, 0.1) is 47.3 Å². The van der Waals surface area contributed by atoms with Crippen molar-refractivity contribution in [3.63, 3.8) is 0 Å². The molecule has 0 aromatic heterocycles. The molecular formula is C85H124N4O24. The van der Waals surface area contributed by atoms with Crippen LogP contribution in [-0.2, 0) is 85.6 Å². The van der Waals surface area contributed by atoms with Gasteiger partial charge in [0.1, 0.15) is 71.9 Å². The first-order valence-electron chi connectivity index (χ1n) is 40.8. The fraction of sp³-hybridized carbons (Fsp3) is 0.718. The Labute approximate surface area is 664 Å². The zero-order valence-electron chi connectivity index (χ0n) is 68.4. The molecule has 12 rings (SSSR count). The smallest absolute Gasteiger partial charge is 0.338 e. The molecule has 4 bridgehead atoms. The Balaban J connectivity index is 0.626. The number of urea groups is 2. The summed E-state index contributed by atoms with van der Waals surface area (Å²) in [5.41, 5.74) is 4.81. The van der Waals surface area contributed by atoms with Crippen LogP contribution in [-0.4, -0.2) is 230 Å². The van der Waals surface area contributed by atoms with Crippen LogP contribution in [0.5, 0.6) is 0 Å². The van der Waals surface area contributed by atoms with Gasteiger partial charge in [-0.3, -0.25) is 19.3 Å². The number of nitrogens with one attached hydrogen (secondary N) is 4. The van der Waals surface area contributed by atoms with Crippen LogP contribution in [0.2, 0.25) is 0 Å². The van der Waals surface area contributed by atoms with Gasteiger partial charge in [-0.15, -0.1) is 0 Å². The number of aliphatic hydroxyl groups excluding tert-OH is 2. The highest BCUT2D eigenvalue weighted by Crippen LogP contribution is 2.50. The summed E-state index contributed by atoms with van der Waals surface area (Å²) < 4.78 is 91.3. The second kappa shape index (κ2) is 36.6. The van der Waals surface area contributed by atoms with Gasteiger partial charge in [0.05, 0.1) is 74.3 Å². The van der Waals surface area contributed by atoms with Gasteiger partial charge in [0.2, 0.25) is 0 Å². The topological polar surface area (TPSA) is 345 Å². The second-order valence-electron chi connectivity index (χ2n) is 34.1. The van der Waals surface area contributed by atoms with Crippen LogP contribution < -0.4 is 21.6 Å². The first kappa shape index (κ1) is 86.5. The van der Waals surface area contributed by atoms with Gasteiger partial charge in [-0.05, 0) is 118 Å². The number of fused-ring (bicyclic) bond motifs is 4. The molecule has 0 saturated carbocycles. The van der Waals surface area contributed by atoms with Crippen LogP contribution in [0.3, 0.4) is 0 Å². The summed E-state index contributed by atoms with van der Waals surface area (Å²) in [6, 6.07) is -1.25. The summed E-state index contributed by atoms with van der Waals surface area (Å²) in [7, 11) is 3.11. The minimum absolute atomic E-state index is 0.0196. The van der Waals surface area contributed by atoms with E-state index >= 15 is 0 Å². The first-order chi connectivity index (χ1) is 53.8. The summed E-state index contributed by atoms with van der Waals surface area (Å²) in [5, 5.41) is 53.4. The van der Waals surface area contributed by atoms with Crippen molar-refractivity contribution in [2.75, 3.05) is 40.5 Å². The third-order valence-electron chi connectivity index (χ3n) is 24.9. The van der Waals surface area contributed by atoms with Gasteiger partial charge >= 0.3 is 24.0 Å². The van der Waals surface area contributed by atoms with Gasteiger partial charge in [0, 0.05) is 89.5 Å². The van der Waals surface area contributed by atoms with Crippen LogP contribution in [0.1, 0.15) is 155 Å². The number of amides is 4. The van der Waals surface area contributed by atoms with Crippen LogP contribution in [0.25, 0.3) is 0 Å². The summed E-state index contributed by atoms with van der Waals surface area (Å²) in [5.74, 6) is -5.92. The summed E-state index contributed by atoms with van der Waals surface area (Å²) in [4.78, 5) is 67.3. The molecule has 10 heterocycles. The van der Waals surface area contributed by atoms with E-state index in [1.54, 1.807) is 52.4 Å². The van der Waals surface area contributed by atoms with Crippen LogP contribution in [0.15, 0.2) is 119 Å². The molecule has 0 aromatic rings. The summed E-state index contributed by atoms with van der Waals surface area (Å²) in [6.45, 7) is 28.0. The van der Waals surface area contributed by atoms with E-state index in [2.05, 4.69) is 87.4 Å². The number of hydrogen-bond acceptors (Lipinski definition) is 24. The zero-order chi connectivity index (χ0) is 81.2. The number of carbonyl (C=O) groups is 4. The number of hydrogen-bond donors (Lipinski definition) is 8. The minimum atomic E-state index is -1.90. The molecule has 30 atom stereocenters. The Hall–Kier alpha value is -5.84. The Morgan fingerprint density at radius 1 is 0.540 bits per heavy atom. The lowest BCUT2D eigenvalue weighted by molar-refractivity contribution is -0.300. The highest BCUT2D eigenvalue weighted by Gasteiger charge is 2.62. The minimum Gasteiger partial charge on any atom is -0.462 e. The number of allylic oxidation sites excluding steroid dienone is 4. The lowest BCUT2D eigenvalue weighted by Gasteiger charge is -2.48. The van der Waals surface area contributed by atoms with Crippen LogP contribution >= 0.6 is 0 Å². The zero-order valence-corrected chi connectivity index (χ0v) is 68.4. The van der Waals surface area contributed by atoms with Gasteiger partial charge in [-0.1, -0.05) is 128 Å². The van der Waals surface area contributed by atoms with E-state index in [-0.39, 0.29) is 99.7 Å². The van der Waals surface area contributed by atoms with E-state index in [0.29, 0.717) is 54.4 Å². The van der Waals surface area contributed by atoms with E-state index < -0.39 is 169 Å². The Bertz CT molecular complexity index is 3470. The molecule has 10 aliphatic heterocycles. The second-order valence-corrected chi connectivity index (χ2v) is 34.1. The quantitative estimate of drug-likeness (QED) is 0.0309. The molecule has 0 aromatic carbocycles. The standard InChI is InChI=1S/C85H124N4O24/c1-44(2)70-50(9)28-30-82(110-70)40-60-36-58(108-82)26-24-48(7)72(46(5)20-17-22-56-42-100-76-68(90)52(11)34-62(78(92)104-60)84(56,76)96)106-66-38-64(98-15)74(54(13)102-66)112-88-80(94)86-32-19-33-87-81(95)89-113-75-55(14)103-67(39-65(75)99-16)107-73-47(6)21-18-23-57-43-101-77-69(91)53(12)35-63(85(57,77)97)79(93)105-61-37-59(27-25-49(73)8)109-83(41-61)31-29-51(10)71(111-83)45(3)4/h17-18,20-25,28-31,34-35,44-47,50-51,54-55,58-77,90-91,96-97H,19,26-27,32-33,36-43H2,1-16H3,(H2,86,88,94)(H2,87,89,95)/b20-17+,21-18+,48-24+,49-25+,56-22+,57-23+/t46-,47-,50-,51-,54-,55-,58+,59+,60-,61-,62-,63-,64-,65-,66-,67-,68+,69+,70+,71+,72-,73-,74-,75-,76+,77+,82+,83+,84+,85+/m0/s1. The van der Waals surface area contributed by atoms with E-state index in [0.717, 1.165) is 11.1 Å². The number of hydroxylamine groups is 2. The molecule has 2 spiro atoms. The van der Waals surface area contributed by atoms with E-state index in [9.17, 15) is 39.6 Å². The van der Waals surface area contributed by atoms with Crippen LogP contribution in [0.4, 0.5) is 9.59 Å². The van der Waals surface area contributed by atoms with Gasteiger partial charge in [0.25, 0.3) is 0 Å². The van der Waals surface area contributed by atoms with E-state index in [1.807, 2.05) is 78.0 Å². The molecule has 113 heavy (non-hydrogen) atoms. The molecule has 8 N–H and O–H groups in total. The fourth-order valence-corrected chi connectivity index (χ4v) is 18.6. The lowest BCUT2D eigenvalue weighted by atomic mass is 9.71. The number of ether oxygens (including phenoxy) is 14. The predicted molar refractivity (Wildman–Crippen MR) is 412 cm³/mol. The molecule has 6 saturated heterocycles. The maximum Gasteiger partial charge on any atom is 0.338 e. The lowest BCUT2D eigenvalue weighted by Crippen LogP contribution is -2.58. The van der Waals surface area contributed by atoms with Gasteiger partial charge in [0.15, 0.2) is 24.2 Å². The Morgan fingerprint density at radius 2 is 0.938 bits per heavy atom. The van der Waals surface area contributed by atoms with Crippen molar-refractivity contribution in [1.29, 1.82) is 0 Å². The highest BCUT2D eigenvalue weighted by atomic mass is 16.7. The van der Waals surface area contributed by atoms with Crippen molar-refractivity contribution in [3.8, 4) is 0 Å². The van der Waals surface area contributed by atoms with Gasteiger partial charge in [-0.25, -0.2) is 20.5 Å². The van der Waals surface area contributed by atoms with Crippen molar-refractivity contribution in [3.05, 3.63) is 119 Å². The van der Waals surface area contributed by atoms with Crippen molar-refractivity contribution in [2.45, 2.75) is 300 Å². The summed E-state index contributed by atoms with van der Waals surface area (Å²) >= 11 is 0. The van der Waals surface area contributed by atoms with Crippen molar-refractivity contribution < 1.29 is 116 Å². The number of rotatable bonds is 16. The molecule has 28 heteroatoms. The monoisotopic (exact) mass is 1580 g/mol. The number of esters is 2. The molecule has 6 fully saturated rings. The highest BCUT2D eigenvalue weighted by molar-refractivity contribution is 5.79. The largest absolute Gasteiger partial charge is 0.462 e. The Morgan fingerprint density at radius 3 is 1.32 bits per heavy atom. The molecule has 2 aliphatic carbocycles. The molecule has 0 unspecified atom stereocenters. The van der Waals surface area contributed by atoms with Crippen molar-refractivity contribution in [2.24, 2.45) is 47.3 Å². The third-order valence-corrected chi connectivity index (χ3v) is 24.9. The summed E-state index contributed by atoms with van der Waals surface area (Å²) in [6.07, 6.45) is 15.7. The number of methoxy groups -OCH3 is 2. The molecule has 0 radical (unpaired) electrons. The van der Waals surface area contributed by atoms with E-state index in [1.165, 1.54) is 0 Å². The molecular weight excluding hydrogens is 1460 g/mol. The average Bonchev–Trinajstić information content (AvgIpc) is 1.61. The van der Waals surface area contributed by atoms with Crippen molar-refractivity contribution >= 4 is 24.0 Å². The molecule has 28 nitrogen and oxygen atoms in total. The van der Waals surface area contributed by atoms with Gasteiger partial charge in [-0.2, -0.15) is 0 Å². The maximum absolute atomic E-state index is 14.5. The molecule has 628 valence electrons. The van der Waals surface area contributed by atoms with Crippen molar-refractivity contribution in [1.82, 2.24) is 21.6 Å². The van der Waals surface area contributed by atoms with E-state index in [4.69, 9.17) is 76.0 Å². The SMILES string of the molecule is CO[C@H]1C[C@H](O[C@@H]2/C(C)=C/C[C@@H]3C[C@@H](C[C@]4(C=C[C@H](C)[C@@H](C(C)C)O4)O3)OC(=O)[C@@H]3C=C(C)[C@@H](O)[C@H]4OC/C(=C\C=C\[C@@H]2C)[C@]43O)O[C@@H](C)[C@@H]1ONC(=O)NCCCNC(=O)NO[C@H]1[C@H](C)O[C@@H](O[C@@H]2/C(C)=C/C[C@@H]3C[C@@H](C[C@]4(C=C[C@H](C)[C@@H](C(C)C)O4)O3)OC(=O)[C@@H]3C=C(C)[C@@H](O)[C@H]4OC/C(=C\C=C\[C@@H]2C)[C@]43O)C[C@@H]1OC. The third kappa shape index (κ3) is 19.0. The normalized spacial score (nSPS) is 45.3.